The lowest BCUT2D eigenvalue weighted by Gasteiger charge is -2.21. The molecule has 0 heterocycles. The monoisotopic (exact) mass is 1380 g/mol. The summed E-state index contributed by atoms with van der Waals surface area (Å²) >= 11 is 0. The lowest BCUT2D eigenvalue weighted by Crippen LogP contribution is -2.30. The second kappa shape index (κ2) is 64.4. The van der Waals surface area contributed by atoms with E-state index in [1.165, 1.54) is 173 Å². The number of rotatable bonds is 72. The lowest BCUT2D eigenvalue weighted by molar-refractivity contribution is -0.161. The van der Waals surface area contributed by atoms with Gasteiger partial charge >= 0.3 is 39.5 Å². The number of unbranched alkanes of at least 4 members (excludes halogenated alkanes) is 38. The normalized spacial score (nSPS) is 14.2. The molecule has 0 aromatic heterocycles. The van der Waals surface area contributed by atoms with Crippen molar-refractivity contribution < 1.29 is 80.2 Å². The lowest BCUT2D eigenvalue weighted by atomic mass is 10.0. The molecule has 0 saturated carbocycles. The molecule has 5 atom stereocenters. The Morgan fingerprint density at radius 1 is 0.266 bits per heavy atom. The molecule has 0 aromatic carbocycles. The number of ether oxygens (including phenoxy) is 4. The van der Waals surface area contributed by atoms with Crippen LogP contribution >= 0.6 is 15.6 Å². The van der Waals surface area contributed by atoms with Crippen molar-refractivity contribution in [3.05, 3.63) is 0 Å². The topological polar surface area (TPSA) is 237 Å². The third-order valence-electron chi connectivity index (χ3n) is 17.3. The fourth-order valence-electron chi connectivity index (χ4n) is 11.4. The Kier molecular flexibility index (Phi) is 63.1. The Balaban J connectivity index is 5.23. The maximum Gasteiger partial charge on any atom is 0.472 e. The van der Waals surface area contributed by atoms with Gasteiger partial charge in [-0.05, 0) is 49.4 Å². The Labute approximate surface area is 575 Å². The molecule has 0 aliphatic carbocycles. The predicted molar refractivity (Wildman–Crippen MR) is 381 cm³/mol. The number of aliphatic hydroxyl groups excluding tert-OH is 1. The van der Waals surface area contributed by atoms with Crippen LogP contribution in [0, 0.1) is 23.7 Å². The first-order valence-corrected chi connectivity index (χ1v) is 41.7. The van der Waals surface area contributed by atoms with E-state index in [1.807, 2.05) is 0 Å². The van der Waals surface area contributed by atoms with E-state index in [2.05, 4.69) is 55.4 Å². The second-order valence-electron chi connectivity index (χ2n) is 28.9. The number of hydrogen-bond donors (Lipinski definition) is 3. The molecule has 0 bridgehead atoms. The fraction of sp³-hybridized carbons (Fsp3) is 0.947. The molecular weight excluding hydrogens is 1230 g/mol. The summed E-state index contributed by atoms with van der Waals surface area (Å²) in [6.45, 7) is 14.1. The van der Waals surface area contributed by atoms with Crippen molar-refractivity contribution in [2.75, 3.05) is 39.6 Å². The smallest absolute Gasteiger partial charge is 0.462 e. The van der Waals surface area contributed by atoms with E-state index in [0.717, 1.165) is 114 Å². The standard InChI is InChI=1S/C75H146O17P2/c1-65(2)51-43-35-27-20-15-12-10-9-11-13-17-23-31-39-47-55-72(77)85-61-70(91-74(79)57-49-41-32-24-18-14-16-21-28-36-44-52-66(3)4)63-89-93(81,82)87-59-69(76)60-88-94(83,84)90-64-71(62-86-73(78)56-48-40-34-26-30-38-46-54-68(7)8)92-75(80)58-50-42-33-25-19-22-29-37-45-53-67(5)6/h65-71,76H,9-64H2,1-8H3,(H,81,82)(H,83,84)/t69?,70-,71-/m1/s1. The molecule has 0 aromatic rings. The summed E-state index contributed by atoms with van der Waals surface area (Å²) in [6, 6.07) is 0. The van der Waals surface area contributed by atoms with E-state index in [1.54, 1.807) is 0 Å². The van der Waals surface area contributed by atoms with Crippen molar-refractivity contribution in [1.29, 1.82) is 0 Å². The molecule has 0 saturated heterocycles. The van der Waals surface area contributed by atoms with Gasteiger partial charge in [0.2, 0.25) is 0 Å². The molecule has 0 aliphatic heterocycles. The van der Waals surface area contributed by atoms with E-state index in [4.69, 9.17) is 37.0 Å². The maximum absolute atomic E-state index is 13.1. The summed E-state index contributed by atoms with van der Waals surface area (Å²) in [7, 11) is -9.91. The number of esters is 4. The summed E-state index contributed by atoms with van der Waals surface area (Å²) in [6.07, 6.45) is 48.7. The average molecular weight is 1380 g/mol. The van der Waals surface area contributed by atoms with Gasteiger partial charge in [-0.15, -0.1) is 0 Å². The predicted octanol–water partition coefficient (Wildman–Crippen LogP) is 21.7. The molecule has 3 unspecified atom stereocenters. The van der Waals surface area contributed by atoms with Crippen molar-refractivity contribution in [3.63, 3.8) is 0 Å². The van der Waals surface area contributed by atoms with Crippen molar-refractivity contribution in [3.8, 4) is 0 Å². The van der Waals surface area contributed by atoms with Gasteiger partial charge in [-0.2, -0.15) is 0 Å². The summed E-state index contributed by atoms with van der Waals surface area (Å²) in [4.78, 5) is 72.7. The van der Waals surface area contributed by atoms with E-state index in [9.17, 15) is 43.2 Å². The van der Waals surface area contributed by atoms with E-state index in [0.29, 0.717) is 31.6 Å². The highest BCUT2D eigenvalue weighted by atomic mass is 31.2. The van der Waals surface area contributed by atoms with Gasteiger partial charge in [0.1, 0.15) is 19.3 Å². The van der Waals surface area contributed by atoms with E-state index >= 15 is 0 Å². The number of hydrogen-bond acceptors (Lipinski definition) is 15. The molecule has 19 heteroatoms. The van der Waals surface area contributed by atoms with Crippen LogP contribution in [-0.2, 0) is 65.4 Å². The maximum atomic E-state index is 13.1. The number of carbonyl (C=O) groups is 4. The molecule has 0 radical (unpaired) electrons. The second-order valence-corrected chi connectivity index (χ2v) is 31.9. The largest absolute Gasteiger partial charge is 0.472 e. The highest BCUT2D eigenvalue weighted by Crippen LogP contribution is 2.45. The minimum Gasteiger partial charge on any atom is -0.462 e. The third-order valence-corrected chi connectivity index (χ3v) is 19.2. The van der Waals surface area contributed by atoms with Crippen molar-refractivity contribution >= 4 is 39.5 Å². The van der Waals surface area contributed by atoms with Gasteiger partial charge in [-0.25, -0.2) is 9.13 Å². The summed E-state index contributed by atoms with van der Waals surface area (Å²) in [5.41, 5.74) is 0. The SMILES string of the molecule is CC(C)CCCCCCCCCCCCCCCCCC(=O)OC[C@H](COP(=O)(O)OCC(O)COP(=O)(O)OC[C@@H](COC(=O)CCCCCCCCCC(C)C)OC(=O)CCCCCCCCCCCC(C)C)OC(=O)CCCCCCCCCCCCCC(C)C. The molecule has 17 nitrogen and oxygen atoms in total. The fourth-order valence-corrected chi connectivity index (χ4v) is 13.0. The third kappa shape index (κ3) is 68.6. The number of phosphoric ester groups is 2. The molecule has 3 N–H and O–H groups in total. The number of carbonyl (C=O) groups excluding carboxylic acids is 4. The summed E-state index contributed by atoms with van der Waals surface area (Å²) < 4.78 is 68.5. The van der Waals surface area contributed by atoms with Gasteiger partial charge < -0.3 is 33.8 Å². The van der Waals surface area contributed by atoms with Crippen LogP contribution in [0.15, 0.2) is 0 Å². The van der Waals surface area contributed by atoms with Crippen LogP contribution in [0.1, 0.15) is 376 Å². The molecule has 0 fully saturated rings. The van der Waals surface area contributed by atoms with E-state index < -0.39 is 97.5 Å². The van der Waals surface area contributed by atoms with Crippen LogP contribution in [0.25, 0.3) is 0 Å². The van der Waals surface area contributed by atoms with Crippen molar-refractivity contribution in [1.82, 2.24) is 0 Å². The molecule has 0 amide bonds. The first-order valence-electron chi connectivity index (χ1n) is 38.7. The summed E-state index contributed by atoms with van der Waals surface area (Å²) in [5, 5.41) is 10.6. The van der Waals surface area contributed by atoms with Crippen LogP contribution in [0.4, 0.5) is 0 Å². The van der Waals surface area contributed by atoms with Crippen molar-refractivity contribution in [2.24, 2.45) is 23.7 Å². The minimum absolute atomic E-state index is 0.104. The van der Waals surface area contributed by atoms with Crippen LogP contribution in [0.3, 0.4) is 0 Å². The highest BCUT2D eigenvalue weighted by molar-refractivity contribution is 7.47. The Bertz CT molecular complexity index is 1850. The molecule has 0 aliphatic rings. The Hall–Kier alpha value is -1.94. The van der Waals surface area contributed by atoms with Gasteiger partial charge in [0.15, 0.2) is 12.2 Å². The summed E-state index contributed by atoms with van der Waals surface area (Å²) in [5.74, 6) is 0.890. The quantitative estimate of drug-likeness (QED) is 0.0222. The van der Waals surface area contributed by atoms with E-state index in [-0.39, 0.29) is 25.7 Å². The van der Waals surface area contributed by atoms with Gasteiger partial charge in [0.25, 0.3) is 0 Å². The molecular formula is C75H146O17P2. The zero-order chi connectivity index (χ0) is 69.6. The van der Waals surface area contributed by atoms with Gasteiger partial charge in [-0.3, -0.25) is 37.3 Å². The number of aliphatic hydroxyl groups is 1. The van der Waals surface area contributed by atoms with Crippen LogP contribution in [0.5, 0.6) is 0 Å². The van der Waals surface area contributed by atoms with Crippen LogP contribution in [-0.4, -0.2) is 96.7 Å². The van der Waals surface area contributed by atoms with Crippen LogP contribution in [0.2, 0.25) is 0 Å². The molecule has 558 valence electrons. The van der Waals surface area contributed by atoms with Gasteiger partial charge in [0.05, 0.1) is 26.4 Å². The zero-order valence-corrected chi connectivity index (χ0v) is 63.4. The van der Waals surface area contributed by atoms with Gasteiger partial charge in [-0.1, -0.05) is 325 Å². The molecule has 0 rings (SSSR count). The zero-order valence-electron chi connectivity index (χ0n) is 61.6. The first kappa shape index (κ1) is 92.1. The Morgan fingerprint density at radius 2 is 0.447 bits per heavy atom. The Morgan fingerprint density at radius 3 is 0.660 bits per heavy atom. The van der Waals surface area contributed by atoms with Crippen molar-refractivity contribution in [2.45, 2.75) is 395 Å². The van der Waals surface area contributed by atoms with Crippen LogP contribution < -0.4 is 0 Å². The molecule has 94 heavy (non-hydrogen) atoms. The average Bonchev–Trinajstić information content (AvgIpc) is 2.95. The minimum atomic E-state index is -4.96. The molecule has 0 spiro atoms. The highest BCUT2D eigenvalue weighted by Gasteiger charge is 2.30. The van der Waals surface area contributed by atoms with Gasteiger partial charge in [0, 0.05) is 25.7 Å². The number of phosphoric acid groups is 2. The first-order chi connectivity index (χ1) is 45.1.